The van der Waals surface area contributed by atoms with Crippen molar-refractivity contribution in [2.45, 2.75) is 52.2 Å². The van der Waals surface area contributed by atoms with Crippen LogP contribution < -0.4 is 5.46 Å². The van der Waals surface area contributed by atoms with Gasteiger partial charge in [0.25, 0.3) is 0 Å². The van der Waals surface area contributed by atoms with Crippen molar-refractivity contribution in [3.8, 4) is 12.3 Å². The summed E-state index contributed by atoms with van der Waals surface area (Å²) in [6, 6.07) is 2.03. The summed E-state index contributed by atoms with van der Waals surface area (Å²) in [5.74, 6) is 2.63. The summed E-state index contributed by atoms with van der Waals surface area (Å²) >= 11 is 0. The first-order chi connectivity index (χ1) is 8.77. The molecule has 0 aliphatic carbocycles. The highest BCUT2D eigenvalue weighted by atomic mass is 16.7. The lowest BCUT2D eigenvalue weighted by Crippen LogP contribution is -2.41. The van der Waals surface area contributed by atoms with Gasteiger partial charge in [-0.05, 0) is 40.2 Å². The molecular weight excluding hydrogens is 237 g/mol. The Morgan fingerprint density at radius 3 is 2.37 bits per heavy atom. The third-order valence-corrected chi connectivity index (χ3v) is 4.00. The van der Waals surface area contributed by atoms with Crippen LogP contribution in [-0.4, -0.2) is 23.3 Å². The van der Waals surface area contributed by atoms with Crippen molar-refractivity contribution in [1.82, 2.24) is 4.98 Å². The molecule has 1 fully saturated rings. The molecular formula is C15H20BNO2. The number of aryl methyl sites for hydroxylation is 1. The molecule has 0 radical (unpaired) electrons. The van der Waals surface area contributed by atoms with Gasteiger partial charge in [0.05, 0.1) is 11.2 Å². The van der Waals surface area contributed by atoms with Gasteiger partial charge in [0, 0.05) is 23.8 Å². The highest BCUT2D eigenvalue weighted by Gasteiger charge is 2.52. The van der Waals surface area contributed by atoms with E-state index in [0.717, 1.165) is 16.7 Å². The van der Waals surface area contributed by atoms with Crippen molar-refractivity contribution in [2.24, 2.45) is 0 Å². The monoisotopic (exact) mass is 257 g/mol. The zero-order valence-electron chi connectivity index (χ0n) is 12.3. The van der Waals surface area contributed by atoms with Gasteiger partial charge in [0.15, 0.2) is 0 Å². The average Bonchev–Trinajstić information content (AvgIpc) is 2.51. The fourth-order valence-corrected chi connectivity index (χ4v) is 2.02. The van der Waals surface area contributed by atoms with E-state index in [0.29, 0.717) is 6.42 Å². The van der Waals surface area contributed by atoms with E-state index >= 15 is 0 Å². The van der Waals surface area contributed by atoms with E-state index in [1.807, 2.05) is 46.9 Å². The molecule has 0 amide bonds. The number of rotatable bonds is 2. The van der Waals surface area contributed by atoms with Crippen molar-refractivity contribution >= 4 is 12.6 Å². The van der Waals surface area contributed by atoms with E-state index in [4.69, 9.17) is 15.7 Å². The van der Waals surface area contributed by atoms with E-state index in [2.05, 4.69) is 10.9 Å². The van der Waals surface area contributed by atoms with Crippen LogP contribution in [0, 0.1) is 19.3 Å². The van der Waals surface area contributed by atoms with Crippen molar-refractivity contribution in [3.05, 3.63) is 23.5 Å². The van der Waals surface area contributed by atoms with Crippen LogP contribution in [-0.2, 0) is 15.7 Å². The van der Waals surface area contributed by atoms with Gasteiger partial charge in [-0.1, -0.05) is 6.07 Å². The van der Waals surface area contributed by atoms with Gasteiger partial charge in [0.2, 0.25) is 0 Å². The zero-order chi connectivity index (χ0) is 14.3. The maximum absolute atomic E-state index is 6.05. The molecule has 1 aliphatic heterocycles. The molecule has 0 atom stereocenters. The fraction of sp³-hybridized carbons (Fsp3) is 0.533. The molecule has 0 unspecified atom stereocenters. The number of pyridine rings is 1. The largest absolute Gasteiger partial charge is 0.496 e. The van der Waals surface area contributed by atoms with Crippen LogP contribution in [0.15, 0.2) is 12.3 Å². The summed E-state index contributed by atoms with van der Waals surface area (Å²) < 4.78 is 12.1. The predicted octanol–water partition coefficient (Wildman–Crippen LogP) is 1.86. The molecule has 1 aliphatic rings. The number of terminal acetylenes is 1. The zero-order valence-corrected chi connectivity index (χ0v) is 12.3. The van der Waals surface area contributed by atoms with Crippen molar-refractivity contribution < 1.29 is 9.31 Å². The van der Waals surface area contributed by atoms with E-state index < -0.39 is 0 Å². The lowest BCUT2D eigenvalue weighted by Gasteiger charge is -2.32. The summed E-state index contributed by atoms with van der Waals surface area (Å²) in [6.07, 6.45) is 7.73. The standard InChI is InChI=1S/C15H20BNO2/c1-7-8-12-9-13(11(2)17-10-12)16-18-14(3,4)15(5,6)19-16/h1,9-10H,8H2,2-6H3. The molecule has 0 bridgehead atoms. The Labute approximate surface area is 115 Å². The Morgan fingerprint density at radius 2 is 1.84 bits per heavy atom. The van der Waals surface area contributed by atoms with Gasteiger partial charge in [-0.25, -0.2) is 0 Å². The molecule has 1 aromatic heterocycles. The first-order valence-corrected chi connectivity index (χ1v) is 6.51. The lowest BCUT2D eigenvalue weighted by atomic mass is 9.77. The molecule has 19 heavy (non-hydrogen) atoms. The third kappa shape index (κ3) is 2.54. The van der Waals surface area contributed by atoms with Crippen LogP contribution in [0.4, 0.5) is 0 Å². The Balaban J connectivity index is 2.34. The van der Waals surface area contributed by atoms with Gasteiger partial charge >= 0.3 is 7.12 Å². The summed E-state index contributed by atoms with van der Waals surface area (Å²) in [6.45, 7) is 10.1. The molecule has 1 aromatic rings. The highest BCUT2D eigenvalue weighted by molar-refractivity contribution is 6.62. The van der Waals surface area contributed by atoms with Crippen LogP contribution in [0.25, 0.3) is 0 Å². The first-order valence-electron chi connectivity index (χ1n) is 6.51. The molecule has 0 saturated carbocycles. The number of aromatic nitrogens is 1. The van der Waals surface area contributed by atoms with Gasteiger partial charge < -0.3 is 9.31 Å². The SMILES string of the molecule is C#CCc1cnc(C)c(B2OC(C)(C)C(C)(C)O2)c1. The second kappa shape index (κ2) is 4.66. The Bertz CT molecular complexity index is 515. The summed E-state index contributed by atoms with van der Waals surface area (Å²) in [5, 5.41) is 0. The molecule has 0 aromatic carbocycles. The Kier molecular flexibility index (Phi) is 3.46. The predicted molar refractivity (Wildman–Crippen MR) is 77.2 cm³/mol. The molecule has 100 valence electrons. The number of nitrogens with zero attached hydrogens (tertiary/aromatic N) is 1. The Morgan fingerprint density at radius 1 is 1.26 bits per heavy atom. The van der Waals surface area contributed by atoms with E-state index in [9.17, 15) is 0 Å². The molecule has 4 heteroatoms. The van der Waals surface area contributed by atoms with E-state index in [1.165, 1.54) is 0 Å². The topological polar surface area (TPSA) is 31.4 Å². The second-order valence-corrected chi connectivity index (χ2v) is 5.99. The van der Waals surface area contributed by atoms with Crippen LogP contribution in [0.2, 0.25) is 0 Å². The van der Waals surface area contributed by atoms with Gasteiger partial charge in [0.1, 0.15) is 0 Å². The summed E-state index contributed by atoms with van der Waals surface area (Å²) in [5.41, 5.74) is 2.21. The quantitative estimate of drug-likeness (QED) is 0.598. The van der Waals surface area contributed by atoms with Crippen LogP contribution >= 0.6 is 0 Å². The third-order valence-electron chi connectivity index (χ3n) is 4.00. The van der Waals surface area contributed by atoms with E-state index in [1.54, 1.807) is 0 Å². The molecule has 2 heterocycles. The van der Waals surface area contributed by atoms with Crippen molar-refractivity contribution in [1.29, 1.82) is 0 Å². The molecule has 0 N–H and O–H groups in total. The molecule has 0 spiro atoms. The normalized spacial score (nSPS) is 20.3. The Hall–Kier alpha value is -1.31. The highest BCUT2D eigenvalue weighted by Crippen LogP contribution is 2.36. The van der Waals surface area contributed by atoms with Crippen molar-refractivity contribution in [3.63, 3.8) is 0 Å². The summed E-state index contributed by atoms with van der Waals surface area (Å²) in [7, 11) is -0.379. The first kappa shape index (κ1) is 14.1. The van der Waals surface area contributed by atoms with Crippen molar-refractivity contribution in [2.75, 3.05) is 0 Å². The van der Waals surface area contributed by atoms with Gasteiger partial charge in [-0.3, -0.25) is 4.98 Å². The smallest absolute Gasteiger partial charge is 0.399 e. The maximum Gasteiger partial charge on any atom is 0.496 e. The minimum atomic E-state index is -0.379. The summed E-state index contributed by atoms with van der Waals surface area (Å²) in [4.78, 5) is 4.38. The van der Waals surface area contributed by atoms with E-state index in [-0.39, 0.29) is 18.3 Å². The molecule has 3 nitrogen and oxygen atoms in total. The second-order valence-electron chi connectivity index (χ2n) is 5.99. The van der Waals surface area contributed by atoms with Gasteiger partial charge in [-0.2, -0.15) is 0 Å². The van der Waals surface area contributed by atoms with Crippen LogP contribution in [0.3, 0.4) is 0 Å². The minimum absolute atomic E-state index is 0.341. The van der Waals surface area contributed by atoms with Crippen LogP contribution in [0.5, 0.6) is 0 Å². The van der Waals surface area contributed by atoms with Crippen LogP contribution in [0.1, 0.15) is 39.0 Å². The molecule has 2 rings (SSSR count). The number of hydrogen-bond donors (Lipinski definition) is 0. The number of hydrogen-bond acceptors (Lipinski definition) is 3. The average molecular weight is 257 g/mol. The van der Waals surface area contributed by atoms with Gasteiger partial charge in [-0.15, -0.1) is 12.3 Å². The molecule has 1 saturated heterocycles. The fourth-order valence-electron chi connectivity index (χ4n) is 2.02. The minimum Gasteiger partial charge on any atom is -0.399 e. The maximum atomic E-state index is 6.05. The lowest BCUT2D eigenvalue weighted by molar-refractivity contribution is 0.00578.